The van der Waals surface area contributed by atoms with Crippen LogP contribution in [0.1, 0.15) is 35.3 Å². The summed E-state index contributed by atoms with van der Waals surface area (Å²) < 4.78 is 10.7. The lowest BCUT2D eigenvalue weighted by atomic mass is 10.1. The molecule has 5 nitrogen and oxygen atoms in total. The van der Waals surface area contributed by atoms with Crippen molar-refractivity contribution in [2.24, 2.45) is 0 Å². The highest BCUT2D eigenvalue weighted by Crippen LogP contribution is 2.26. The molecule has 0 saturated carbocycles. The highest BCUT2D eigenvalue weighted by Gasteiger charge is 2.19. The molecule has 138 valence electrons. The Morgan fingerprint density at radius 1 is 1.15 bits per heavy atom. The molecule has 0 spiro atoms. The molecule has 1 N–H and O–H groups in total. The van der Waals surface area contributed by atoms with Crippen molar-refractivity contribution < 1.29 is 19.1 Å². The van der Waals surface area contributed by atoms with E-state index in [9.17, 15) is 9.59 Å². The molecule has 26 heavy (non-hydrogen) atoms. The molecular formula is C20H22ClNO4. The van der Waals surface area contributed by atoms with E-state index in [1.165, 1.54) is 0 Å². The maximum atomic E-state index is 12.5. The first-order valence-electron chi connectivity index (χ1n) is 8.34. The lowest BCUT2D eigenvalue weighted by Gasteiger charge is -2.17. The number of hydrogen-bond donors (Lipinski definition) is 1. The molecule has 0 fully saturated rings. The SMILES string of the molecule is CCOC(=O)c1ccccc1NC(=O)[C@H](C)Oc1cc(C)c(Cl)c(C)c1. The van der Waals surface area contributed by atoms with Crippen LogP contribution in [0.15, 0.2) is 36.4 Å². The molecule has 0 bridgehead atoms. The van der Waals surface area contributed by atoms with Crippen LogP contribution in [0.2, 0.25) is 5.02 Å². The maximum absolute atomic E-state index is 12.5. The van der Waals surface area contributed by atoms with Crippen LogP contribution in [0.5, 0.6) is 5.75 Å². The monoisotopic (exact) mass is 375 g/mol. The summed E-state index contributed by atoms with van der Waals surface area (Å²) in [6.07, 6.45) is -0.759. The van der Waals surface area contributed by atoms with Gasteiger partial charge in [0, 0.05) is 5.02 Å². The molecule has 0 aliphatic rings. The van der Waals surface area contributed by atoms with Crippen LogP contribution in [0.4, 0.5) is 5.69 Å². The van der Waals surface area contributed by atoms with Gasteiger partial charge in [-0.1, -0.05) is 23.7 Å². The number of aryl methyl sites for hydroxylation is 2. The lowest BCUT2D eigenvalue weighted by Crippen LogP contribution is -2.30. The second-order valence-electron chi connectivity index (χ2n) is 5.89. The topological polar surface area (TPSA) is 64.6 Å². The summed E-state index contributed by atoms with van der Waals surface area (Å²) in [5.74, 6) is -0.293. The van der Waals surface area contributed by atoms with Gasteiger partial charge in [0.05, 0.1) is 17.9 Å². The molecule has 2 aromatic carbocycles. The van der Waals surface area contributed by atoms with Crippen molar-refractivity contribution in [1.29, 1.82) is 0 Å². The second-order valence-corrected chi connectivity index (χ2v) is 6.26. The molecule has 6 heteroatoms. The van der Waals surface area contributed by atoms with E-state index in [0.29, 0.717) is 22.0 Å². The average Bonchev–Trinajstić information content (AvgIpc) is 2.60. The van der Waals surface area contributed by atoms with E-state index in [1.807, 2.05) is 13.8 Å². The van der Waals surface area contributed by atoms with Crippen LogP contribution < -0.4 is 10.1 Å². The maximum Gasteiger partial charge on any atom is 0.340 e. The number of hydrogen-bond acceptors (Lipinski definition) is 4. The van der Waals surface area contributed by atoms with Crippen molar-refractivity contribution >= 4 is 29.2 Å². The Balaban J connectivity index is 2.12. The first kappa shape index (κ1) is 19.8. The van der Waals surface area contributed by atoms with E-state index in [-0.39, 0.29) is 12.5 Å². The second kappa shape index (κ2) is 8.72. The molecule has 2 aromatic rings. The first-order chi connectivity index (χ1) is 12.3. The van der Waals surface area contributed by atoms with E-state index in [2.05, 4.69) is 5.32 Å². The number of carbonyl (C=O) groups is 2. The fraction of sp³-hybridized carbons (Fsp3) is 0.300. The van der Waals surface area contributed by atoms with Crippen molar-refractivity contribution in [1.82, 2.24) is 0 Å². The number of ether oxygens (including phenoxy) is 2. The third-order valence-corrected chi connectivity index (χ3v) is 4.37. The Morgan fingerprint density at radius 3 is 2.38 bits per heavy atom. The predicted octanol–water partition coefficient (Wildman–Crippen LogP) is 4.54. The van der Waals surface area contributed by atoms with Gasteiger partial charge in [-0.25, -0.2) is 4.79 Å². The molecule has 1 amide bonds. The molecule has 1 atom stereocenters. The van der Waals surface area contributed by atoms with E-state index in [0.717, 1.165) is 11.1 Å². The number of esters is 1. The van der Waals surface area contributed by atoms with Crippen molar-refractivity contribution in [3.05, 3.63) is 58.1 Å². The number of halogens is 1. The number of amides is 1. The standard InChI is InChI=1S/C20H22ClNO4/c1-5-25-20(24)16-8-6-7-9-17(16)22-19(23)14(4)26-15-10-12(2)18(21)13(3)11-15/h6-11,14H,5H2,1-4H3,(H,22,23)/t14-/m0/s1. The third kappa shape index (κ3) is 4.76. The number of nitrogens with one attached hydrogen (secondary N) is 1. The van der Waals surface area contributed by atoms with E-state index >= 15 is 0 Å². The van der Waals surface area contributed by atoms with Gasteiger partial charge in [0.1, 0.15) is 5.75 Å². The highest BCUT2D eigenvalue weighted by atomic mass is 35.5. The van der Waals surface area contributed by atoms with Crippen LogP contribution in [0.25, 0.3) is 0 Å². The summed E-state index contributed by atoms with van der Waals surface area (Å²) >= 11 is 6.15. The minimum atomic E-state index is -0.759. The molecule has 2 rings (SSSR count). The van der Waals surface area contributed by atoms with Gasteiger partial charge < -0.3 is 14.8 Å². The number of para-hydroxylation sites is 1. The van der Waals surface area contributed by atoms with Gasteiger partial charge in [-0.2, -0.15) is 0 Å². The Labute approximate surface area is 158 Å². The molecule has 0 aromatic heterocycles. The summed E-state index contributed by atoms with van der Waals surface area (Å²) in [7, 11) is 0. The zero-order chi connectivity index (χ0) is 19.3. The van der Waals surface area contributed by atoms with Crippen molar-refractivity contribution in [3.63, 3.8) is 0 Å². The summed E-state index contributed by atoms with van der Waals surface area (Å²) in [4.78, 5) is 24.5. The van der Waals surface area contributed by atoms with Crippen LogP contribution in [-0.2, 0) is 9.53 Å². The summed E-state index contributed by atoms with van der Waals surface area (Å²) in [5.41, 5.74) is 2.44. The molecular weight excluding hydrogens is 354 g/mol. The van der Waals surface area contributed by atoms with Crippen LogP contribution in [0, 0.1) is 13.8 Å². The smallest absolute Gasteiger partial charge is 0.340 e. The Morgan fingerprint density at radius 2 is 1.77 bits per heavy atom. The molecule has 0 aliphatic carbocycles. The fourth-order valence-electron chi connectivity index (χ4n) is 2.45. The summed E-state index contributed by atoms with van der Waals surface area (Å²) in [5, 5.41) is 3.40. The van der Waals surface area contributed by atoms with Crippen LogP contribution in [-0.4, -0.2) is 24.6 Å². The molecule has 0 saturated heterocycles. The minimum Gasteiger partial charge on any atom is -0.481 e. The normalized spacial score (nSPS) is 11.6. The number of rotatable bonds is 6. The largest absolute Gasteiger partial charge is 0.481 e. The van der Waals surface area contributed by atoms with Gasteiger partial charge in [-0.3, -0.25) is 4.79 Å². The molecule has 0 aliphatic heterocycles. The zero-order valence-corrected chi connectivity index (χ0v) is 16.0. The number of benzene rings is 2. The van der Waals surface area contributed by atoms with Crippen LogP contribution in [0.3, 0.4) is 0 Å². The fourth-order valence-corrected chi connectivity index (χ4v) is 2.55. The quantitative estimate of drug-likeness (QED) is 0.753. The highest BCUT2D eigenvalue weighted by molar-refractivity contribution is 6.32. The first-order valence-corrected chi connectivity index (χ1v) is 8.71. The minimum absolute atomic E-state index is 0.260. The van der Waals surface area contributed by atoms with Gasteiger partial charge in [0.25, 0.3) is 5.91 Å². The third-order valence-electron chi connectivity index (χ3n) is 3.77. The van der Waals surface area contributed by atoms with Gasteiger partial charge in [-0.05, 0) is 63.1 Å². The van der Waals surface area contributed by atoms with E-state index in [1.54, 1.807) is 50.2 Å². The van der Waals surface area contributed by atoms with Crippen molar-refractivity contribution in [2.45, 2.75) is 33.8 Å². The Hall–Kier alpha value is -2.53. The Bertz CT molecular complexity index is 796. The van der Waals surface area contributed by atoms with Gasteiger partial charge in [0.2, 0.25) is 0 Å². The van der Waals surface area contributed by atoms with Gasteiger partial charge in [-0.15, -0.1) is 0 Å². The molecule has 0 unspecified atom stereocenters. The molecule has 0 heterocycles. The summed E-state index contributed by atoms with van der Waals surface area (Å²) in [6, 6.07) is 10.3. The van der Waals surface area contributed by atoms with E-state index < -0.39 is 12.1 Å². The average molecular weight is 376 g/mol. The van der Waals surface area contributed by atoms with Gasteiger partial charge in [0.15, 0.2) is 6.10 Å². The molecule has 0 radical (unpaired) electrons. The predicted molar refractivity (Wildman–Crippen MR) is 102 cm³/mol. The van der Waals surface area contributed by atoms with Crippen molar-refractivity contribution in [2.75, 3.05) is 11.9 Å². The van der Waals surface area contributed by atoms with E-state index in [4.69, 9.17) is 21.1 Å². The zero-order valence-electron chi connectivity index (χ0n) is 15.3. The Kier molecular flexibility index (Phi) is 6.64. The van der Waals surface area contributed by atoms with Gasteiger partial charge >= 0.3 is 5.97 Å². The lowest BCUT2D eigenvalue weighted by molar-refractivity contribution is -0.122. The summed E-state index contributed by atoms with van der Waals surface area (Å²) in [6.45, 7) is 7.38. The number of carbonyl (C=O) groups excluding carboxylic acids is 2. The van der Waals surface area contributed by atoms with Crippen LogP contribution >= 0.6 is 11.6 Å². The number of anilines is 1. The van der Waals surface area contributed by atoms with Crippen molar-refractivity contribution in [3.8, 4) is 5.75 Å².